The average molecular weight is 400 g/mol. The summed E-state index contributed by atoms with van der Waals surface area (Å²) in [5, 5.41) is 7.69. The van der Waals surface area contributed by atoms with Gasteiger partial charge < -0.3 is 15.5 Å². The fourth-order valence-corrected chi connectivity index (χ4v) is 4.01. The molecule has 0 saturated carbocycles. The maximum Gasteiger partial charge on any atom is 0.251 e. The summed E-state index contributed by atoms with van der Waals surface area (Å²) in [7, 11) is 0. The number of nitrogens with zero attached hydrogens (tertiary/aromatic N) is 1. The lowest BCUT2D eigenvalue weighted by Gasteiger charge is -2.24. The second-order valence-corrected chi connectivity index (χ2v) is 7.80. The van der Waals surface area contributed by atoms with E-state index in [0.29, 0.717) is 44.5 Å². The topological polar surface area (TPSA) is 78.5 Å². The number of carbonyl (C=O) groups is 3. The van der Waals surface area contributed by atoms with E-state index in [4.69, 9.17) is 0 Å². The maximum atomic E-state index is 12.5. The normalized spacial score (nSPS) is 16.0. The fraction of sp³-hybridized carbons (Fsp3) is 0.381. The molecule has 1 aliphatic heterocycles. The zero-order valence-electron chi connectivity index (χ0n) is 15.7. The molecule has 0 radical (unpaired) electrons. The quantitative estimate of drug-likeness (QED) is 0.668. The Labute approximate surface area is 168 Å². The van der Waals surface area contributed by atoms with Crippen LogP contribution in [0.1, 0.15) is 34.5 Å². The maximum absolute atomic E-state index is 12.5. The second-order valence-electron chi connectivity index (χ2n) is 6.77. The molecule has 2 N–H and O–H groups in total. The van der Waals surface area contributed by atoms with E-state index in [1.165, 1.54) is 0 Å². The monoisotopic (exact) mass is 399 g/mol. The number of hydrogen-bond donors (Lipinski definition) is 2. The zero-order valence-corrected chi connectivity index (χ0v) is 16.5. The Balaban J connectivity index is 1.38. The average Bonchev–Trinajstić information content (AvgIpc) is 3.40. The number of likely N-dealkylation sites (tertiary alicyclic amines) is 1. The summed E-state index contributed by atoms with van der Waals surface area (Å²) >= 11 is 1.56. The molecule has 6 nitrogen and oxygen atoms in total. The van der Waals surface area contributed by atoms with Gasteiger partial charge in [0.1, 0.15) is 6.04 Å². The van der Waals surface area contributed by atoms with E-state index in [9.17, 15) is 14.4 Å². The van der Waals surface area contributed by atoms with E-state index in [2.05, 4.69) is 10.6 Å². The predicted octanol–water partition coefficient (Wildman–Crippen LogP) is 2.22. The smallest absolute Gasteiger partial charge is 0.251 e. The summed E-state index contributed by atoms with van der Waals surface area (Å²) < 4.78 is 0. The molecule has 1 aromatic carbocycles. The fourth-order valence-electron chi connectivity index (χ4n) is 3.31. The van der Waals surface area contributed by atoms with Crippen molar-refractivity contribution in [2.24, 2.45) is 0 Å². The van der Waals surface area contributed by atoms with Crippen LogP contribution in [0.5, 0.6) is 0 Å². The molecule has 7 heteroatoms. The van der Waals surface area contributed by atoms with Crippen LogP contribution in [-0.2, 0) is 16.0 Å². The molecule has 148 valence electrons. The van der Waals surface area contributed by atoms with Crippen LogP contribution in [0, 0.1) is 0 Å². The van der Waals surface area contributed by atoms with Gasteiger partial charge in [0.2, 0.25) is 11.8 Å². The van der Waals surface area contributed by atoms with Crippen molar-refractivity contribution in [3.8, 4) is 0 Å². The zero-order chi connectivity index (χ0) is 19.8. The first-order valence-corrected chi connectivity index (χ1v) is 10.5. The van der Waals surface area contributed by atoms with Crippen molar-refractivity contribution in [1.82, 2.24) is 15.5 Å². The van der Waals surface area contributed by atoms with Gasteiger partial charge in [-0.1, -0.05) is 24.3 Å². The molecule has 0 aliphatic carbocycles. The molecule has 1 atom stereocenters. The van der Waals surface area contributed by atoms with Crippen LogP contribution < -0.4 is 10.6 Å². The standard InChI is InChI=1S/C21H25N3O3S/c25-19(15-17-9-5-14-28-17)24-13-4-10-18(24)21(27)23-12-6-11-22-20(26)16-7-2-1-3-8-16/h1-3,5,7-9,14,18H,4,6,10-13,15H2,(H,22,26)(H,23,27)/t18-/m1/s1. The van der Waals surface area contributed by atoms with Crippen LogP contribution >= 0.6 is 11.3 Å². The molecular weight excluding hydrogens is 374 g/mol. The molecule has 28 heavy (non-hydrogen) atoms. The van der Waals surface area contributed by atoms with E-state index in [0.717, 1.165) is 11.3 Å². The summed E-state index contributed by atoms with van der Waals surface area (Å²) in [5.74, 6) is -0.213. The molecule has 0 bridgehead atoms. The van der Waals surface area contributed by atoms with Crippen molar-refractivity contribution in [1.29, 1.82) is 0 Å². The molecule has 0 unspecified atom stereocenters. The van der Waals surface area contributed by atoms with Crippen LogP contribution in [0.4, 0.5) is 0 Å². The highest BCUT2D eigenvalue weighted by Crippen LogP contribution is 2.20. The number of benzene rings is 1. The van der Waals surface area contributed by atoms with Crippen molar-refractivity contribution in [2.75, 3.05) is 19.6 Å². The molecule has 2 heterocycles. The minimum absolute atomic E-state index is 0.00947. The highest BCUT2D eigenvalue weighted by molar-refractivity contribution is 7.10. The summed E-state index contributed by atoms with van der Waals surface area (Å²) in [6.45, 7) is 1.59. The Morgan fingerprint density at radius 1 is 1.04 bits per heavy atom. The summed E-state index contributed by atoms with van der Waals surface area (Å²) in [6.07, 6.45) is 2.54. The Morgan fingerprint density at radius 2 is 1.82 bits per heavy atom. The van der Waals surface area contributed by atoms with Gasteiger partial charge in [0, 0.05) is 30.1 Å². The molecule has 3 rings (SSSR count). The van der Waals surface area contributed by atoms with Gasteiger partial charge in [0.25, 0.3) is 5.91 Å². The Hall–Kier alpha value is -2.67. The van der Waals surface area contributed by atoms with Gasteiger partial charge in [0.05, 0.1) is 6.42 Å². The largest absolute Gasteiger partial charge is 0.354 e. The Morgan fingerprint density at radius 3 is 2.57 bits per heavy atom. The minimum atomic E-state index is -0.383. The van der Waals surface area contributed by atoms with Crippen molar-refractivity contribution in [3.63, 3.8) is 0 Å². The molecule has 1 aromatic heterocycles. The Bertz CT molecular complexity index is 792. The molecule has 2 aromatic rings. The van der Waals surface area contributed by atoms with Crippen molar-refractivity contribution in [3.05, 3.63) is 58.3 Å². The third-order valence-corrected chi connectivity index (χ3v) is 5.63. The van der Waals surface area contributed by atoms with Gasteiger partial charge >= 0.3 is 0 Å². The highest BCUT2D eigenvalue weighted by atomic mass is 32.1. The van der Waals surface area contributed by atoms with Crippen molar-refractivity contribution >= 4 is 29.1 Å². The third-order valence-electron chi connectivity index (χ3n) is 4.76. The third kappa shape index (κ3) is 5.42. The van der Waals surface area contributed by atoms with Crippen LogP contribution in [0.15, 0.2) is 47.8 Å². The summed E-state index contributed by atoms with van der Waals surface area (Å²) in [6, 6.07) is 12.5. The van der Waals surface area contributed by atoms with Crippen molar-refractivity contribution < 1.29 is 14.4 Å². The molecule has 3 amide bonds. The molecule has 1 aliphatic rings. The summed E-state index contributed by atoms with van der Waals surface area (Å²) in [4.78, 5) is 39.7. The van der Waals surface area contributed by atoms with E-state index in [1.807, 2.05) is 35.7 Å². The van der Waals surface area contributed by atoms with E-state index in [1.54, 1.807) is 28.4 Å². The number of carbonyl (C=O) groups excluding carboxylic acids is 3. The first-order chi connectivity index (χ1) is 13.6. The lowest BCUT2D eigenvalue weighted by Crippen LogP contribution is -2.46. The molecular formula is C21H25N3O3S. The molecule has 0 spiro atoms. The van der Waals surface area contributed by atoms with Crippen LogP contribution in [0.3, 0.4) is 0 Å². The van der Waals surface area contributed by atoms with Crippen LogP contribution in [0.25, 0.3) is 0 Å². The van der Waals surface area contributed by atoms with Crippen LogP contribution in [0.2, 0.25) is 0 Å². The lowest BCUT2D eigenvalue weighted by molar-refractivity contribution is -0.137. The van der Waals surface area contributed by atoms with Gasteiger partial charge in [-0.2, -0.15) is 0 Å². The number of rotatable bonds is 8. The van der Waals surface area contributed by atoms with Crippen LogP contribution in [-0.4, -0.2) is 48.3 Å². The van der Waals surface area contributed by atoms with Gasteiger partial charge in [0.15, 0.2) is 0 Å². The first kappa shape index (κ1) is 20.1. The van der Waals surface area contributed by atoms with E-state index < -0.39 is 0 Å². The SMILES string of the molecule is O=C(NCCCNC(=O)[C@H]1CCCN1C(=O)Cc1cccs1)c1ccccc1. The number of amides is 3. The lowest BCUT2D eigenvalue weighted by atomic mass is 10.2. The summed E-state index contributed by atoms with van der Waals surface area (Å²) in [5.41, 5.74) is 0.623. The van der Waals surface area contributed by atoms with E-state index in [-0.39, 0.29) is 23.8 Å². The predicted molar refractivity (Wildman–Crippen MR) is 109 cm³/mol. The molecule has 1 saturated heterocycles. The number of thiophene rings is 1. The van der Waals surface area contributed by atoms with Gasteiger partial charge in [-0.15, -0.1) is 11.3 Å². The number of hydrogen-bond acceptors (Lipinski definition) is 4. The minimum Gasteiger partial charge on any atom is -0.354 e. The van der Waals surface area contributed by atoms with Crippen molar-refractivity contribution in [2.45, 2.75) is 31.7 Å². The second kappa shape index (κ2) is 10.0. The first-order valence-electron chi connectivity index (χ1n) is 9.58. The van der Waals surface area contributed by atoms with Gasteiger partial charge in [-0.3, -0.25) is 14.4 Å². The van der Waals surface area contributed by atoms with Gasteiger partial charge in [-0.05, 0) is 42.8 Å². The Kier molecular flexibility index (Phi) is 7.19. The highest BCUT2D eigenvalue weighted by Gasteiger charge is 2.33. The number of nitrogens with one attached hydrogen (secondary N) is 2. The molecule has 1 fully saturated rings. The van der Waals surface area contributed by atoms with E-state index >= 15 is 0 Å². The van der Waals surface area contributed by atoms with Gasteiger partial charge in [-0.25, -0.2) is 0 Å².